The van der Waals surface area contributed by atoms with Gasteiger partial charge in [-0.15, -0.1) is 0 Å². The molecule has 0 saturated carbocycles. The molecule has 0 spiro atoms. The van der Waals surface area contributed by atoms with Gasteiger partial charge in [-0.2, -0.15) is 0 Å². The van der Waals surface area contributed by atoms with Gasteiger partial charge in [0.1, 0.15) is 18.3 Å². The van der Waals surface area contributed by atoms with Crippen LogP contribution in [0.25, 0.3) is 0 Å². The van der Waals surface area contributed by atoms with Crippen LogP contribution in [0.2, 0.25) is 0 Å². The third-order valence-corrected chi connectivity index (χ3v) is 4.27. The highest BCUT2D eigenvalue weighted by atomic mass is 16.6. The van der Waals surface area contributed by atoms with Crippen molar-refractivity contribution in [3.63, 3.8) is 0 Å². The third-order valence-electron chi connectivity index (χ3n) is 4.27. The lowest BCUT2D eigenvalue weighted by Crippen LogP contribution is -2.39. The van der Waals surface area contributed by atoms with E-state index in [0.29, 0.717) is 18.7 Å². The molecule has 2 aromatic rings. The highest BCUT2D eigenvalue weighted by Crippen LogP contribution is 2.28. The summed E-state index contributed by atoms with van der Waals surface area (Å²) in [6.07, 6.45) is -2.83. The van der Waals surface area contributed by atoms with Crippen molar-refractivity contribution in [2.75, 3.05) is 6.54 Å². The second-order valence-corrected chi connectivity index (χ2v) is 6.14. The molecule has 25 heavy (non-hydrogen) atoms. The van der Waals surface area contributed by atoms with Gasteiger partial charge in [-0.3, -0.25) is 14.3 Å². The Morgan fingerprint density at radius 3 is 2.64 bits per heavy atom. The summed E-state index contributed by atoms with van der Waals surface area (Å²) in [5.41, 5.74) is 0.218. The normalized spacial score (nSPS) is 26.0. The fraction of sp³-hybridized carbons (Fsp3) is 0.412. The van der Waals surface area contributed by atoms with Crippen LogP contribution in [0.5, 0.6) is 0 Å². The molecule has 2 unspecified atom stereocenters. The minimum absolute atomic E-state index is 0.306. The zero-order valence-corrected chi connectivity index (χ0v) is 13.8. The molecule has 1 aromatic heterocycles. The summed E-state index contributed by atoms with van der Waals surface area (Å²) >= 11 is 0. The van der Waals surface area contributed by atoms with Gasteiger partial charge in [0.15, 0.2) is 6.23 Å². The molecule has 134 valence electrons. The number of hydrogen-bond acceptors (Lipinski definition) is 6. The Balaban J connectivity index is 1.68. The Kier molecular flexibility index (Phi) is 5.14. The van der Waals surface area contributed by atoms with E-state index >= 15 is 0 Å². The van der Waals surface area contributed by atoms with Crippen LogP contribution in [0, 0.1) is 6.92 Å². The number of nitrogens with one attached hydrogen (secondary N) is 2. The van der Waals surface area contributed by atoms with E-state index in [-0.39, 0.29) is 0 Å². The van der Waals surface area contributed by atoms with Crippen LogP contribution in [0.15, 0.2) is 46.1 Å². The molecule has 1 fully saturated rings. The number of aliphatic hydroxyl groups is 2. The van der Waals surface area contributed by atoms with Crippen molar-refractivity contribution in [2.45, 2.75) is 38.0 Å². The summed E-state index contributed by atoms with van der Waals surface area (Å²) in [5.74, 6) is 0. The number of hydrogen-bond donors (Lipinski definition) is 4. The topological polar surface area (TPSA) is 117 Å². The molecule has 4 N–H and O–H groups in total. The van der Waals surface area contributed by atoms with Gasteiger partial charge in [-0.05, 0) is 12.5 Å². The maximum atomic E-state index is 12.0. The van der Waals surface area contributed by atoms with Gasteiger partial charge in [-0.25, -0.2) is 4.79 Å². The summed E-state index contributed by atoms with van der Waals surface area (Å²) in [5, 5.41) is 23.6. The van der Waals surface area contributed by atoms with Gasteiger partial charge in [-0.1, -0.05) is 30.3 Å². The molecule has 0 amide bonds. The summed E-state index contributed by atoms with van der Waals surface area (Å²) in [6, 6.07) is 9.74. The first-order chi connectivity index (χ1) is 12.0. The van der Waals surface area contributed by atoms with E-state index in [1.165, 1.54) is 6.20 Å². The molecule has 1 aromatic carbocycles. The first-order valence-corrected chi connectivity index (χ1v) is 8.05. The highest BCUT2D eigenvalue weighted by Gasteiger charge is 2.43. The van der Waals surface area contributed by atoms with Crippen molar-refractivity contribution < 1.29 is 14.9 Å². The van der Waals surface area contributed by atoms with Crippen molar-refractivity contribution in [2.24, 2.45) is 0 Å². The van der Waals surface area contributed by atoms with Gasteiger partial charge in [0.2, 0.25) is 0 Å². The number of rotatable bonds is 5. The summed E-state index contributed by atoms with van der Waals surface area (Å²) in [6.45, 7) is 2.44. The Labute approximate surface area is 143 Å². The highest BCUT2D eigenvalue weighted by molar-refractivity contribution is 5.14. The van der Waals surface area contributed by atoms with E-state index in [2.05, 4.69) is 10.3 Å². The van der Waals surface area contributed by atoms with Gasteiger partial charge in [0, 0.05) is 24.8 Å². The maximum absolute atomic E-state index is 12.0. The lowest BCUT2D eigenvalue weighted by Gasteiger charge is -2.17. The molecule has 4 atom stereocenters. The minimum atomic E-state index is -1.27. The van der Waals surface area contributed by atoms with E-state index in [1.807, 2.05) is 30.3 Å². The van der Waals surface area contributed by atoms with Crippen LogP contribution in [0.1, 0.15) is 17.4 Å². The van der Waals surface area contributed by atoms with Crippen molar-refractivity contribution in [3.8, 4) is 0 Å². The Morgan fingerprint density at radius 1 is 1.20 bits per heavy atom. The lowest BCUT2D eigenvalue weighted by atomic mass is 10.1. The average Bonchev–Trinajstić information content (AvgIpc) is 2.88. The molecular formula is C17H21N3O5. The standard InChI is InChI=1S/C17H21N3O5/c1-10-9-20(17(24)19-15(10)23)16-14(22)13(21)12(25-16)8-18-7-11-5-3-2-4-6-11/h2-6,9,12-14,16,18,21-22H,7-8H2,1H3,(H,19,23,24)/t12-,13?,14?,16-/m1/s1. The number of nitrogens with zero attached hydrogens (tertiary/aromatic N) is 1. The molecule has 3 rings (SSSR count). The maximum Gasteiger partial charge on any atom is 0.330 e. The molecule has 1 aliphatic heterocycles. The van der Waals surface area contributed by atoms with Crippen molar-refractivity contribution in [1.29, 1.82) is 0 Å². The van der Waals surface area contributed by atoms with Gasteiger partial charge < -0.3 is 20.3 Å². The average molecular weight is 347 g/mol. The van der Waals surface area contributed by atoms with E-state index in [4.69, 9.17) is 4.74 Å². The molecule has 8 heteroatoms. The SMILES string of the molecule is Cc1cn([C@@H]2O[C@H](CNCc3ccccc3)C(O)C2O)c(=O)[nH]c1=O. The Bertz CT molecular complexity index is 832. The van der Waals surface area contributed by atoms with E-state index in [1.54, 1.807) is 6.92 Å². The second kappa shape index (κ2) is 7.32. The van der Waals surface area contributed by atoms with Gasteiger partial charge in [0.25, 0.3) is 5.56 Å². The minimum Gasteiger partial charge on any atom is -0.387 e. The van der Waals surface area contributed by atoms with Gasteiger partial charge >= 0.3 is 5.69 Å². The molecule has 2 heterocycles. The van der Waals surface area contributed by atoms with Crippen molar-refractivity contribution in [1.82, 2.24) is 14.9 Å². The number of aliphatic hydroxyl groups excluding tert-OH is 2. The quantitative estimate of drug-likeness (QED) is 0.566. The van der Waals surface area contributed by atoms with Gasteiger partial charge in [0.05, 0.1) is 0 Å². The molecule has 1 saturated heterocycles. The number of benzene rings is 1. The predicted molar refractivity (Wildman–Crippen MR) is 90.1 cm³/mol. The number of aromatic amines is 1. The summed E-state index contributed by atoms with van der Waals surface area (Å²) in [7, 11) is 0. The fourth-order valence-electron chi connectivity index (χ4n) is 2.86. The van der Waals surface area contributed by atoms with Crippen LogP contribution < -0.4 is 16.6 Å². The zero-order chi connectivity index (χ0) is 18.0. The molecule has 0 bridgehead atoms. The second-order valence-electron chi connectivity index (χ2n) is 6.14. The smallest absolute Gasteiger partial charge is 0.330 e. The molecule has 0 aliphatic carbocycles. The van der Waals surface area contributed by atoms with E-state index < -0.39 is 35.8 Å². The van der Waals surface area contributed by atoms with Crippen LogP contribution in [-0.4, -0.2) is 44.6 Å². The Morgan fingerprint density at radius 2 is 1.92 bits per heavy atom. The van der Waals surface area contributed by atoms with Crippen LogP contribution in [0.4, 0.5) is 0 Å². The van der Waals surface area contributed by atoms with E-state index in [0.717, 1.165) is 10.1 Å². The largest absolute Gasteiger partial charge is 0.387 e. The van der Waals surface area contributed by atoms with Crippen LogP contribution >= 0.6 is 0 Å². The molecule has 8 nitrogen and oxygen atoms in total. The lowest BCUT2D eigenvalue weighted by molar-refractivity contribution is -0.0393. The Hall–Kier alpha value is -2.26. The molecular weight excluding hydrogens is 326 g/mol. The van der Waals surface area contributed by atoms with E-state index in [9.17, 15) is 19.8 Å². The molecule has 0 radical (unpaired) electrons. The third kappa shape index (κ3) is 3.72. The first-order valence-electron chi connectivity index (χ1n) is 8.05. The van der Waals surface area contributed by atoms with Crippen LogP contribution in [-0.2, 0) is 11.3 Å². The fourth-order valence-corrected chi connectivity index (χ4v) is 2.86. The zero-order valence-electron chi connectivity index (χ0n) is 13.8. The van der Waals surface area contributed by atoms with Crippen molar-refractivity contribution in [3.05, 3.63) is 68.5 Å². The van der Waals surface area contributed by atoms with Crippen molar-refractivity contribution >= 4 is 0 Å². The molecule has 1 aliphatic rings. The number of H-pyrrole nitrogens is 1. The summed E-state index contributed by atoms with van der Waals surface area (Å²) in [4.78, 5) is 25.6. The predicted octanol–water partition coefficient (Wildman–Crippen LogP) is -0.746. The number of aromatic nitrogens is 2. The first kappa shape index (κ1) is 17.6. The van der Waals surface area contributed by atoms with Crippen LogP contribution in [0.3, 0.4) is 0 Å². The number of aryl methyl sites for hydroxylation is 1. The summed E-state index contributed by atoms with van der Waals surface area (Å²) < 4.78 is 6.76. The number of ether oxygens (including phenoxy) is 1. The monoisotopic (exact) mass is 347 g/mol.